The molecule has 144 valence electrons. The molecule has 8 heteroatoms. The number of rotatable bonds is 3. The van der Waals surface area contributed by atoms with Crippen molar-refractivity contribution in [3.63, 3.8) is 0 Å². The number of sulfonamides is 1. The fraction of sp³-hybridized carbons (Fsp3) is 0.421. The van der Waals surface area contributed by atoms with E-state index in [1.807, 2.05) is 0 Å². The van der Waals surface area contributed by atoms with Crippen LogP contribution in [-0.2, 0) is 23.5 Å². The van der Waals surface area contributed by atoms with Crippen LogP contribution in [0.1, 0.15) is 35.3 Å². The zero-order valence-corrected chi connectivity index (χ0v) is 16.0. The van der Waals surface area contributed by atoms with Crippen LogP contribution in [0.25, 0.3) is 0 Å². The highest BCUT2D eigenvalue weighted by molar-refractivity contribution is 7.89. The topological polar surface area (TPSA) is 62.6 Å². The molecule has 0 aliphatic carbocycles. The molecule has 0 N–H and O–H groups in total. The van der Waals surface area contributed by atoms with Crippen LogP contribution < -0.4 is 4.90 Å². The number of carbonyl (C=O) groups excluding carboxylic acids is 1. The van der Waals surface area contributed by atoms with Gasteiger partial charge in [0.1, 0.15) is 16.4 Å². The summed E-state index contributed by atoms with van der Waals surface area (Å²) in [5.41, 5.74) is 1.75. The average molecular weight is 391 g/mol. The molecule has 0 radical (unpaired) electrons. The summed E-state index contributed by atoms with van der Waals surface area (Å²) in [5, 5.41) is 0. The van der Waals surface area contributed by atoms with Crippen LogP contribution in [0, 0.1) is 5.82 Å². The first-order valence-electron chi connectivity index (χ1n) is 9.15. The molecule has 2 aliphatic heterocycles. The first-order chi connectivity index (χ1) is 12.9. The highest BCUT2D eigenvalue weighted by Crippen LogP contribution is 2.31. The molecule has 3 heterocycles. The van der Waals surface area contributed by atoms with Crippen molar-refractivity contribution in [3.05, 3.63) is 47.5 Å². The van der Waals surface area contributed by atoms with Crippen molar-refractivity contribution in [1.29, 1.82) is 0 Å². The van der Waals surface area contributed by atoms with E-state index in [-0.39, 0.29) is 16.5 Å². The van der Waals surface area contributed by atoms with Gasteiger partial charge in [0.05, 0.1) is 5.69 Å². The summed E-state index contributed by atoms with van der Waals surface area (Å²) in [5.74, 6) is -0.712. The highest BCUT2D eigenvalue weighted by atomic mass is 32.2. The molecule has 0 saturated carbocycles. The van der Waals surface area contributed by atoms with E-state index in [4.69, 9.17) is 0 Å². The summed E-state index contributed by atoms with van der Waals surface area (Å²) < 4.78 is 42.4. The predicted octanol–water partition coefficient (Wildman–Crippen LogP) is 2.54. The lowest BCUT2D eigenvalue weighted by atomic mass is 10.2. The van der Waals surface area contributed by atoms with Crippen LogP contribution >= 0.6 is 0 Å². The first kappa shape index (κ1) is 18.2. The fourth-order valence-corrected chi connectivity index (χ4v) is 5.43. The van der Waals surface area contributed by atoms with Crippen LogP contribution in [0.3, 0.4) is 0 Å². The summed E-state index contributed by atoms with van der Waals surface area (Å²) in [6, 6.07) is 5.87. The van der Waals surface area contributed by atoms with Crippen LogP contribution in [0.15, 0.2) is 35.4 Å². The van der Waals surface area contributed by atoms with Crippen LogP contribution in [0.5, 0.6) is 0 Å². The molecule has 6 nitrogen and oxygen atoms in total. The van der Waals surface area contributed by atoms with E-state index < -0.39 is 15.8 Å². The van der Waals surface area contributed by atoms with Gasteiger partial charge in [-0.05, 0) is 43.0 Å². The van der Waals surface area contributed by atoms with Crippen LogP contribution in [-0.4, -0.2) is 42.8 Å². The van der Waals surface area contributed by atoms with Gasteiger partial charge in [0.25, 0.3) is 5.91 Å². The third-order valence-electron chi connectivity index (χ3n) is 5.34. The van der Waals surface area contributed by atoms with Crippen molar-refractivity contribution in [1.82, 2.24) is 8.87 Å². The SMILES string of the molecule is Cn1cc(S(=O)(=O)N2CCCCC2)cc1C(=O)N1CCc2ccc(F)cc21. The van der Waals surface area contributed by atoms with Crippen molar-refractivity contribution in [2.24, 2.45) is 7.05 Å². The predicted molar refractivity (Wildman–Crippen MR) is 99.8 cm³/mol. The molecule has 4 rings (SSSR count). The number of anilines is 1. The Hall–Kier alpha value is -2.19. The summed E-state index contributed by atoms with van der Waals surface area (Å²) >= 11 is 0. The molecule has 27 heavy (non-hydrogen) atoms. The van der Waals surface area contributed by atoms with Gasteiger partial charge in [0, 0.05) is 32.9 Å². The smallest absolute Gasteiger partial charge is 0.274 e. The van der Waals surface area contributed by atoms with Crippen molar-refractivity contribution in [3.8, 4) is 0 Å². The molecule has 0 spiro atoms. The molecule has 1 saturated heterocycles. The number of aromatic nitrogens is 1. The number of carbonyl (C=O) groups is 1. The molecule has 0 atom stereocenters. The molecule has 1 amide bonds. The van der Waals surface area contributed by atoms with Gasteiger partial charge in [-0.2, -0.15) is 4.31 Å². The Balaban J connectivity index is 1.65. The molecular weight excluding hydrogens is 369 g/mol. The number of piperidine rings is 1. The Kier molecular flexibility index (Phi) is 4.55. The van der Waals surface area contributed by atoms with Gasteiger partial charge in [-0.1, -0.05) is 12.5 Å². The van der Waals surface area contributed by atoms with Crippen molar-refractivity contribution in [2.45, 2.75) is 30.6 Å². The second-order valence-corrected chi connectivity index (χ2v) is 9.05. The van der Waals surface area contributed by atoms with E-state index in [1.54, 1.807) is 13.1 Å². The van der Waals surface area contributed by atoms with Gasteiger partial charge in [-0.15, -0.1) is 0 Å². The van der Waals surface area contributed by atoms with Gasteiger partial charge >= 0.3 is 0 Å². The Morgan fingerprint density at radius 1 is 1.07 bits per heavy atom. The number of amides is 1. The Labute approximate surface area is 158 Å². The largest absolute Gasteiger partial charge is 0.345 e. The molecule has 1 aromatic heterocycles. The third-order valence-corrected chi connectivity index (χ3v) is 7.20. The Morgan fingerprint density at radius 3 is 2.56 bits per heavy atom. The second-order valence-electron chi connectivity index (χ2n) is 7.12. The standard InChI is InChI=1S/C19H22FN3O3S/c1-21-13-16(27(25,26)22-8-3-2-4-9-22)12-18(21)19(24)23-10-7-14-5-6-15(20)11-17(14)23/h5-6,11-13H,2-4,7-10H2,1H3. The summed E-state index contributed by atoms with van der Waals surface area (Å²) in [7, 11) is -1.95. The summed E-state index contributed by atoms with van der Waals surface area (Å²) in [6.07, 6.45) is 4.89. The van der Waals surface area contributed by atoms with Crippen LogP contribution in [0.4, 0.5) is 10.1 Å². The van der Waals surface area contributed by atoms with E-state index >= 15 is 0 Å². The molecule has 0 bridgehead atoms. The first-order valence-corrected chi connectivity index (χ1v) is 10.6. The average Bonchev–Trinajstić information content (AvgIpc) is 3.25. The molecule has 2 aromatic rings. The van der Waals surface area contributed by atoms with Gasteiger partial charge in [0.15, 0.2) is 0 Å². The normalized spacial score (nSPS) is 17.9. The maximum absolute atomic E-state index is 13.6. The minimum Gasteiger partial charge on any atom is -0.345 e. The molecule has 1 aromatic carbocycles. The third kappa shape index (κ3) is 3.17. The maximum Gasteiger partial charge on any atom is 0.274 e. The lowest BCUT2D eigenvalue weighted by molar-refractivity contribution is 0.0981. The monoisotopic (exact) mass is 391 g/mol. The van der Waals surface area contributed by atoms with Gasteiger partial charge in [-0.25, -0.2) is 12.8 Å². The van der Waals surface area contributed by atoms with Gasteiger partial charge in [0.2, 0.25) is 10.0 Å². The van der Waals surface area contributed by atoms with E-state index in [9.17, 15) is 17.6 Å². The van der Waals surface area contributed by atoms with E-state index in [0.29, 0.717) is 31.7 Å². The number of hydrogen-bond acceptors (Lipinski definition) is 3. The summed E-state index contributed by atoms with van der Waals surface area (Å²) in [6.45, 7) is 1.48. The summed E-state index contributed by atoms with van der Waals surface area (Å²) in [4.78, 5) is 14.7. The Morgan fingerprint density at radius 2 is 1.81 bits per heavy atom. The van der Waals surface area contributed by atoms with Gasteiger partial charge < -0.3 is 9.47 Å². The minimum absolute atomic E-state index is 0.133. The zero-order chi connectivity index (χ0) is 19.2. The van der Waals surface area contributed by atoms with E-state index in [0.717, 1.165) is 24.8 Å². The molecular formula is C19H22FN3O3S. The number of hydrogen-bond donors (Lipinski definition) is 0. The number of halogens is 1. The highest BCUT2D eigenvalue weighted by Gasteiger charge is 2.31. The van der Waals surface area contributed by atoms with Crippen molar-refractivity contribution < 1.29 is 17.6 Å². The van der Waals surface area contributed by atoms with E-state index in [2.05, 4.69) is 0 Å². The molecule has 1 fully saturated rings. The lowest BCUT2D eigenvalue weighted by Crippen LogP contribution is -2.35. The maximum atomic E-state index is 13.6. The Bertz CT molecular complexity index is 994. The van der Waals surface area contributed by atoms with E-state index in [1.165, 1.54) is 38.2 Å². The minimum atomic E-state index is -3.61. The van der Waals surface area contributed by atoms with Crippen LogP contribution in [0.2, 0.25) is 0 Å². The van der Waals surface area contributed by atoms with Crippen molar-refractivity contribution >= 4 is 21.6 Å². The molecule has 0 unspecified atom stereocenters. The van der Waals surface area contributed by atoms with Crippen molar-refractivity contribution in [2.75, 3.05) is 24.5 Å². The number of fused-ring (bicyclic) bond motifs is 1. The quantitative estimate of drug-likeness (QED) is 0.808. The number of nitrogens with zero attached hydrogens (tertiary/aromatic N) is 3. The van der Waals surface area contributed by atoms with Gasteiger partial charge in [-0.3, -0.25) is 4.79 Å². The number of aryl methyl sites for hydroxylation is 1. The lowest BCUT2D eigenvalue weighted by Gasteiger charge is -2.25. The second kappa shape index (κ2) is 6.76. The molecule has 2 aliphatic rings. The zero-order valence-electron chi connectivity index (χ0n) is 15.2. The number of benzene rings is 1. The fourth-order valence-electron chi connectivity index (χ4n) is 3.84.